The lowest BCUT2D eigenvalue weighted by molar-refractivity contribution is 0.114. The van der Waals surface area contributed by atoms with Gasteiger partial charge in [-0.15, -0.1) is 0 Å². The van der Waals surface area contributed by atoms with Gasteiger partial charge < -0.3 is 4.74 Å². The van der Waals surface area contributed by atoms with E-state index in [-0.39, 0.29) is 6.09 Å². The highest BCUT2D eigenvalue weighted by molar-refractivity contribution is 5.67. The van der Waals surface area contributed by atoms with Crippen molar-refractivity contribution in [3.05, 3.63) is 0 Å². The SMILES string of the molecule is COC(=O)N1CC(C)C(C)N1. The van der Waals surface area contributed by atoms with Crippen molar-refractivity contribution in [2.24, 2.45) is 5.92 Å². The van der Waals surface area contributed by atoms with E-state index in [1.165, 1.54) is 12.1 Å². The summed E-state index contributed by atoms with van der Waals surface area (Å²) < 4.78 is 4.56. The van der Waals surface area contributed by atoms with Gasteiger partial charge in [-0.2, -0.15) is 0 Å². The molecule has 0 aromatic heterocycles. The third-order valence-corrected chi connectivity index (χ3v) is 2.08. The van der Waals surface area contributed by atoms with Crippen molar-refractivity contribution in [2.75, 3.05) is 13.7 Å². The first-order valence-corrected chi connectivity index (χ1v) is 3.76. The molecule has 1 amide bonds. The number of carbonyl (C=O) groups excluding carboxylic acids is 1. The maximum atomic E-state index is 10.9. The molecular weight excluding hydrogens is 144 g/mol. The summed E-state index contributed by atoms with van der Waals surface area (Å²) in [5.74, 6) is 0.495. The molecule has 2 unspecified atom stereocenters. The molecular formula is C7H14N2O2. The molecule has 1 fully saturated rings. The van der Waals surface area contributed by atoms with Gasteiger partial charge in [0.25, 0.3) is 0 Å². The van der Waals surface area contributed by atoms with Crippen LogP contribution < -0.4 is 5.43 Å². The minimum Gasteiger partial charge on any atom is -0.452 e. The molecule has 64 valence electrons. The smallest absolute Gasteiger partial charge is 0.423 e. The first-order valence-electron chi connectivity index (χ1n) is 3.76. The molecule has 1 N–H and O–H groups in total. The van der Waals surface area contributed by atoms with Crippen LogP contribution in [0.2, 0.25) is 0 Å². The van der Waals surface area contributed by atoms with Crippen LogP contribution in [0.1, 0.15) is 13.8 Å². The number of rotatable bonds is 0. The third kappa shape index (κ3) is 1.63. The van der Waals surface area contributed by atoms with E-state index in [0.717, 1.165) is 6.54 Å². The number of nitrogens with zero attached hydrogens (tertiary/aromatic N) is 1. The minimum absolute atomic E-state index is 0.304. The van der Waals surface area contributed by atoms with Gasteiger partial charge in [0.2, 0.25) is 0 Å². The Bertz CT molecular complexity index is 151. The van der Waals surface area contributed by atoms with Crippen LogP contribution in [0.25, 0.3) is 0 Å². The lowest BCUT2D eigenvalue weighted by Gasteiger charge is -2.13. The normalized spacial score (nSPS) is 30.6. The van der Waals surface area contributed by atoms with Crippen molar-refractivity contribution in [2.45, 2.75) is 19.9 Å². The van der Waals surface area contributed by atoms with Gasteiger partial charge >= 0.3 is 6.09 Å². The number of ether oxygens (including phenoxy) is 1. The molecule has 1 aliphatic heterocycles. The summed E-state index contributed by atoms with van der Waals surface area (Å²) in [6, 6.07) is 0.356. The van der Waals surface area contributed by atoms with Crippen molar-refractivity contribution >= 4 is 6.09 Å². The Balaban J connectivity index is 2.46. The molecule has 0 saturated carbocycles. The van der Waals surface area contributed by atoms with E-state index < -0.39 is 0 Å². The van der Waals surface area contributed by atoms with Crippen LogP contribution in [-0.2, 0) is 4.74 Å². The fourth-order valence-electron chi connectivity index (χ4n) is 1.11. The van der Waals surface area contributed by atoms with Crippen LogP contribution in [0.4, 0.5) is 4.79 Å². The fourth-order valence-corrected chi connectivity index (χ4v) is 1.11. The predicted octanol–water partition coefficient (Wildman–Crippen LogP) is 0.598. The second kappa shape index (κ2) is 3.09. The highest BCUT2D eigenvalue weighted by atomic mass is 16.5. The van der Waals surface area contributed by atoms with Gasteiger partial charge in [-0.25, -0.2) is 15.2 Å². The average Bonchev–Trinajstić information content (AvgIpc) is 2.31. The molecule has 2 atom stereocenters. The molecule has 4 nitrogen and oxygen atoms in total. The highest BCUT2D eigenvalue weighted by Crippen LogP contribution is 2.12. The number of methoxy groups -OCH3 is 1. The number of carbonyl (C=O) groups is 1. The molecule has 0 aliphatic carbocycles. The summed E-state index contributed by atoms with van der Waals surface area (Å²) in [4.78, 5) is 10.9. The molecule has 0 aromatic rings. The van der Waals surface area contributed by atoms with Crippen molar-refractivity contribution in [3.63, 3.8) is 0 Å². The fraction of sp³-hybridized carbons (Fsp3) is 0.857. The van der Waals surface area contributed by atoms with Gasteiger partial charge in [0.15, 0.2) is 0 Å². The topological polar surface area (TPSA) is 41.6 Å². The monoisotopic (exact) mass is 158 g/mol. The van der Waals surface area contributed by atoms with Crippen molar-refractivity contribution in [1.82, 2.24) is 10.4 Å². The Kier molecular flexibility index (Phi) is 2.34. The van der Waals surface area contributed by atoms with Crippen LogP contribution in [0.15, 0.2) is 0 Å². The summed E-state index contributed by atoms with van der Waals surface area (Å²) >= 11 is 0. The summed E-state index contributed by atoms with van der Waals surface area (Å²) in [5.41, 5.74) is 3.01. The Labute approximate surface area is 66.5 Å². The van der Waals surface area contributed by atoms with E-state index >= 15 is 0 Å². The summed E-state index contributed by atoms with van der Waals surface area (Å²) in [6.45, 7) is 4.88. The minimum atomic E-state index is -0.304. The van der Waals surface area contributed by atoms with Crippen LogP contribution in [0, 0.1) is 5.92 Å². The van der Waals surface area contributed by atoms with E-state index in [1.54, 1.807) is 0 Å². The number of nitrogens with one attached hydrogen (secondary N) is 1. The zero-order chi connectivity index (χ0) is 8.43. The van der Waals surface area contributed by atoms with Crippen LogP contribution in [-0.4, -0.2) is 30.8 Å². The molecule has 0 radical (unpaired) electrons. The number of hydrogen-bond donors (Lipinski definition) is 1. The number of hydrogen-bond acceptors (Lipinski definition) is 3. The molecule has 4 heteroatoms. The van der Waals surface area contributed by atoms with E-state index in [4.69, 9.17) is 0 Å². The molecule has 0 aromatic carbocycles. The Morgan fingerprint density at radius 2 is 2.27 bits per heavy atom. The number of amides is 1. The largest absolute Gasteiger partial charge is 0.452 e. The lowest BCUT2D eigenvalue weighted by atomic mass is 10.1. The number of hydrazine groups is 1. The highest BCUT2D eigenvalue weighted by Gasteiger charge is 2.29. The second-order valence-electron chi connectivity index (χ2n) is 2.98. The van der Waals surface area contributed by atoms with Crippen LogP contribution >= 0.6 is 0 Å². The first-order chi connectivity index (χ1) is 5.15. The van der Waals surface area contributed by atoms with Gasteiger partial charge in [0.05, 0.1) is 7.11 Å². The summed E-state index contributed by atoms with van der Waals surface area (Å²) in [7, 11) is 1.39. The van der Waals surface area contributed by atoms with Gasteiger partial charge in [0.1, 0.15) is 0 Å². The molecule has 1 rings (SSSR count). The second-order valence-corrected chi connectivity index (χ2v) is 2.98. The van der Waals surface area contributed by atoms with Gasteiger partial charge in [-0.1, -0.05) is 6.92 Å². The maximum absolute atomic E-state index is 10.9. The van der Waals surface area contributed by atoms with Crippen LogP contribution in [0.5, 0.6) is 0 Å². The Morgan fingerprint density at radius 3 is 2.64 bits per heavy atom. The molecule has 11 heavy (non-hydrogen) atoms. The predicted molar refractivity (Wildman–Crippen MR) is 40.9 cm³/mol. The Hall–Kier alpha value is -0.770. The van der Waals surface area contributed by atoms with E-state index in [2.05, 4.69) is 17.1 Å². The van der Waals surface area contributed by atoms with Crippen molar-refractivity contribution in [3.8, 4) is 0 Å². The van der Waals surface area contributed by atoms with E-state index in [9.17, 15) is 4.79 Å². The molecule has 1 heterocycles. The van der Waals surface area contributed by atoms with E-state index in [1.807, 2.05) is 6.92 Å². The Morgan fingerprint density at radius 1 is 1.64 bits per heavy atom. The van der Waals surface area contributed by atoms with Crippen molar-refractivity contribution in [1.29, 1.82) is 0 Å². The lowest BCUT2D eigenvalue weighted by Crippen LogP contribution is -2.39. The molecule has 1 saturated heterocycles. The van der Waals surface area contributed by atoms with Crippen molar-refractivity contribution < 1.29 is 9.53 Å². The van der Waals surface area contributed by atoms with Crippen LogP contribution in [0.3, 0.4) is 0 Å². The molecule has 1 aliphatic rings. The maximum Gasteiger partial charge on any atom is 0.423 e. The standard InChI is InChI=1S/C7H14N2O2/c1-5-4-9(7(10)11-3)8-6(5)2/h5-6,8H,4H2,1-3H3. The molecule has 0 bridgehead atoms. The molecule has 0 spiro atoms. The quantitative estimate of drug-likeness (QED) is 0.561. The van der Waals surface area contributed by atoms with Gasteiger partial charge in [-0.3, -0.25) is 0 Å². The van der Waals surface area contributed by atoms with Gasteiger partial charge in [0, 0.05) is 12.6 Å². The zero-order valence-electron chi connectivity index (χ0n) is 7.13. The summed E-state index contributed by atoms with van der Waals surface area (Å²) in [5, 5.41) is 1.51. The third-order valence-electron chi connectivity index (χ3n) is 2.08. The average molecular weight is 158 g/mol. The first kappa shape index (κ1) is 8.33. The zero-order valence-corrected chi connectivity index (χ0v) is 7.13. The summed E-state index contributed by atoms with van der Waals surface area (Å²) in [6.07, 6.45) is -0.304. The van der Waals surface area contributed by atoms with E-state index in [0.29, 0.717) is 12.0 Å². The van der Waals surface area contributed by atoms with Gasteiger partial charge in [-0.05, 0) is 12.8 Å².